The average Bonchev–Trinajstić information content (AvgIpc) is 3.57. The Balaban J connectivity index is 1.18. The predicted molar refractivity (Wildman–Crippen MR) is 185 cm³/mol. The molecule has 6 rings (SSSR count). The largest absolute Gasteiger partial charge is 0.454 e. The highest BCUT2D eigenvalue weighted by Gasteiger charge is 2.24. The van der Waals surface area contributed by atoms with Crippen molar-refractivity contribution in [3.05, 3.63) is 155 Å². The van der Waals surface area contributed by atoms with Crippen LogP contribution in [-0.2, 0) is 9.59 Å². The first kappa shape index (κ1) is 31.5. The van der Waals surface area contributed by atoms with Gasteiger partial charge in [0.2, 0.25) is 12.7 Å². The van der Waals surface area contributed by atoms with E-state index in [1.165, 1.54) is 17.8 Å². The van der Waals surface area contributed by atoms with Gasteiger partial charge < -0.3 is 25.4 Å². The number of amides is 3. The zero-order valence-electron chi connectivity index (χ0n) is 24.8. The van der Waals surface area contributed by atoms with Crippen LogP contribution in [0.4, 0.5) is 11.4 Å². The molecule has 0 aliphatic carbocycles. The predicted octanol–water partition coefficient (Wildman–Crippen LogP) is 7.95. The van der Waals surface area contributed by atoms with E-state index < -0.39 is 17.1 Å². The molecular weight excluding hydrogens is 634 g/mol. The van der Waals surface area contributed by atoms with Gasteiger partial charge in [0, 0.05) is 32.9 Å². The van der Waals surface area contributed by atoms with Crippen LogP contribution in [0.3, 0.4) is 0 Å². The van der Waals surface area contributed by atoms with Gasteiger partial charge in [-0.05, 0) is 71.8 Å². The summed E-state index contributed by atoms with van der Waals surface area (Å²) in [7, 11) is 0. The van der Waals surface area contributed by atoms with Crippen molar-refractivity contribution in [1.82, 2.24) is 5.32 Å². The normalized spacial score (nSPS) is 12.6. The lowest BCUT2D eigenvalue weighted by Gasteiger charge is -2.18. The highest BCUT2D eigenvalue weighted by molar-refractivity contribution is 8.00. The number of ether oxygens (including phenoxy) is 2. The van der Waals surface area contributed by atoms with Crippen molar-refractivity contribution in [3.63, 3.8) is 0 Å². The Bertz CT molecular complexity index is 1940. The molecule has 0 saturated heterocycles. The number of thioether (sulfide) groups is 1. The fourth-order valence-electron chi connectivity index (χ4n) is 4.72. The van der Waals surface area contributed by atoms with Gasteiger partial charge in [-0.15, -0.1) is 11.8 Å². The molecule has 10 heteroatoms. The number of fused-ring (bicyclic) bond motifs is 1. The van der Waals surface area contributed by atoms with E-state index in [0.29, 0.717) is 39.0 Å². The molecule has 0 aromatic heterocycles. The maximum atomic E-state index is 13.6. The summed E-state index contributed by atoms with van der Waals surface area (Å²) >= 11 is 7.72. The second-order valence-corrected chi connectivity index (χ2v) is 11.9. The summed E-state index contributed by atoms with van der Waals surface area (Å²) in [6.45, 7) is 0.146. The molecule has 1 aliphatic heterocycles. The first-order valence-electron chi connectivity index (χ1n) is 14.6. The first-order chi connectivity index (χ1) is 22.9. The highest BCUT2D eigenvalue weighted by atomic mass is 35.5. The minimum Gasteiger partial charge on any atom is -0.454 e. The zero-order valence-corrected chi connectivity index (χ0v) is 26.4. The molecule has 47 heavy (non-hydrogen) atoms. The van der Waals surface area contributed by atoms with E-state index in [2.05, 4.69) is 16.0 Å². The fraction of sp³-hybridized carbons (Fsp3) is 0.0541. The number of halogens is 1. The van der Waals surface area contributed by atoms with Crippen LogP contribution in [0.25, 0.3) is 6.08 Å². The smallest absolute Gasteiger partial charge is 0.272 e. The van der Waals surface area contributed by atoms with Crippen LogP contribution in [-0.4, -0.2) is 24.5 Å². The third kappa shape index (κ3) is 8.02. The Labute approximate surface area is 280 Å². The molecule has 0 spiro atoms. The van der Waals surface area contributed by atoms with Gasteiger partial charge in [0.05, 0.1) is 0 Å². The van der Waals surface area contributed by atoms with Crippen molar-refractivity contribution in [2.45, 2.75) is 10.1 Å². The Morgan fingerprint density at radius 3 is 2.13 bits per heavy atom. The van der Waals surface area contributed by atoms with E-state index in [4.69, 9.17) is 21.1 Å². The molecule has 0 bridgehead atoms. The Hall–Kier alpha value is -5.51. The van der Waals surface area contributed by atoms with E-state index in [1.807, 2.05) is 42.5 Å². The molecule has 0 fully saturated rings. The van der Waals surface area contributed by atoms with E-state index in [1.54, 1.807) is 84.9 Å². The zero-order chi connectivity index (χ0) is 32.6. The summed E-state index contributed by atoms with van der Waals surface area (Å²) in [6, 6.07) is 37.5. The third-order valence-corrected chi connectivity index (χ3v) is 8.69. The first-order valence-corrected chi connectivity index (χ1v) is 15.8. The van der Waals surface area contributed by atoms with Crippen LogP contribution < -0.4 is 25.4 Å². The second kappa shape index (κ2) is 14.7. The molecule has 234 valence electrons. The number of hydrogen-bond acceptors (Lipinski definition) is 6. The summed E-state index contributed by atoms with van der Waals surface area (Å²) in [6.07, 6.45) is 1.53. The molecule has 1 atom stereocenters. The van der Waals surface area contributed by atoms with Gasteiger partial charge >= 0.3 is 0 Å². The number of rotatable bonds is 10. The Morgan fingerprint density at radius 1 is 0.723 bits per heavy atom. The van der Waals surface area contributed by atoms with Crippen molar-refractivity contribution in [2.75, 3.05) is 17.4 Å². The average molecular weight is 662 g/mol. The van der Waals surface area contributed by atoms with Crippen molar-refractivity contribution < 1.29 is 23.9 Å². The lowest BCUT2D eigenvalue weighted by molar-refractivity contribution is -0.116. The third-order valence-electron chi connectivity index (χ3n) is 7.08. The van der Waals surface area contributed by atoms with Gasteiger partial charge in [0.15, 0.2) is 11.5 Å². The van der Waals surface area contributed by atoms with Gasteiger partial charge in [0.25, 0.3) is 11.8 Å². The molecular formula is C37H28ClN3O5S. The summed E-state index contributed by atoms with van der Waals surface area (Å²) in [5.41, 5.74) is 2.93. The van der Waals surface area contributed by atoms with Gasteiger partial charge in [-0.1, -0.05) is 78.3 Å². The molecule has 3 N–H and O–H groups in total. The number of carbonyl (C=O) groups excluding carboxylic acids is 3. The molecule has 0 radical (unpaired) electrons. The molecule has 5 aromatic rings. The van der Waals surface area contributed by atoms with Crippen LogP contribution in [0.5, 0.6) is 11.5 Å². The lowest BCUT2D eigenvalue weighted by atomic mass is 10.1. The van der Waals surface area contributed by atoms with E-state index in [0.717, 1.165) is 10.5 Å². The quantitative estimate of drug-likeness (QED) is 0.104. The maximum Gasteiger partial charge on any atom is 0.272 e. The summed E-state index contributed by atoms with van der Waals surface area (Å²) in [4.78, 5) is 40.8. The van der Waals surface area contributed by atoms with Gasteiger partial charge in [-0.25, -0.2) is 0 Å². The van der Waals surface area contributed by atoms with Crippen LogP contribution in [0.15, 0.2) is 138 Å². The Kier molecular flexibility index (Phi) is 9.86. The van der Waals surface area contributed by atoms with Crippen molar-refractivity contribution >= 4 is 58.5 Å². The summed E-state index contributed by atoms with van der Waals surface area (Å²) in [5, 5.41) is 8.42. The fourth-order valence-corrected chi connectivity index (χ4v) is 5.94. The number of carbonyl (C=O) groups is 3. The van der Waals surface area contributed by atoms with E-state index >= 15 is 0 Å². The monoisotopic (exact) mass is 661 g/mol. The molecule has 1 heterocycles. The van der Waals surface area contributed by atoms with Crippen LogP contribution in [0, 0.1) is 0 Å². The minimum absolute atomic E-state index is 0.0229. The number of benzene rings is 5. The van der Waals surface area contributed by atoms with Crippen LogP contribution >= 0.6 is 23.4 Å². The van der Waals surface area contributed by atoms with E-state index in [9.17, 15) is 14.4 Å². The minimum atomic E-state index is -0.569. The Morgan fingerprint density at radius 2 is 1.38 bits per heavy atom. The SMILES string of the molecule is O=C(Nc1ccc(SC(C(=O)Nc2ccc3c(c2)OCO3)c2ccccc2)cc1)/C(=C/c1ccccc1Cl)NC(=O)c1ccccc1. The van der Waals surface area contributed by atoms with Gasteiger partial charge in [-0.2, -0.15) is 0 Å². The van der Waals surface area contributed by atoms with Crippen molar-refractivity contribution in [3.8, 4) is 11.5 Å². The van der Waals surface area contributed by atoms with Crippen LogP contribution in [0.1, 0.15) is 26.7 Å². The maximum absolute atomic E-state index is 13.6. The van der Waals surface area contributed by atoms with Gasteiger partial charge in [0.1, 0.15) is 10.9 Å². The summed E-state index contributed by atoms with van der Waals surface area (Å²) < 4.78 is 10.8. The van der Waals surface area contributed by atoms with Crippen molar-refractivity contribution in [2.24, 2.45) is 0 Å². The highest BCUT2D eigenvalue weighted by Crippen LogP contribution is 2.38. The number of nitrogens with one attached hydrogen (secondary N) is 3. The van der Waals surface area contributed by atoms with Gasteiger partial charge in [-0.3, -0.25) is 14.4 Å². The molecule has 1 unspecified atom stereocenters. The second-order valence-electron chi connectivity index (χ2n) is 10.3. The number of hydrogen-bond donors (Lipinski definition) is 3. The molecule has 5 aromatic carbocycles. The standard InChI is InChI=1S/C37H28ClN3O5S/c38-30-14-8-7-13-26(30)21-31(41-35(42)25-11-5-2-6-12-25)36(43)39-27-15-18-29(19-16-27)47-34(24-9-3-1-4-10-24)37(44)40-28-17-20-32-33(22-28)46-23-45-32/h1-22,34H,23H2,(H,39,43)(H,40,44)(H,41,42)/b31-21-. The van der Waals surface area contributed by atoms with Crippen LogP contribution in [0.2, 0.25) is 5.02 Å². The molecule has 0 saturated carbocycles. The number of anilines is 2. The molecule has 1 aliphatic rings. The topological polar surface area (TPSA) is 106 Å². The molecule has 3 amide bonds. The lowest BCUT2D eigenvalue weighted by Crippen LogP contribution is -2.30. The summed E-state index contributed by atoms with van der Waals surface area (Å²) in [5.74, 6) is 0.0423. The van der Waals surface area contributed by atoms with E-state index in [-0.39, 0.29) is 18.4 Å². The molecule has 8 nitrogen and oxygen atoms in total. The van der Waals surface area contributed by atoms with Crippen molar-refractivity contribution in [1.29, 1.82) is 0 Å².